The Morgan fingerprint density at radius 1 is 1.05 bits per heavy atom. The van der Waals surface area contributed by atoms with Gasteiger partial charge < -0.3 is 4.42 Å². The third-order valence-corrected chi connectivity index (χ3v) is 3.50. The van der Waals surface area contributed by atoms with E-state index in [4.69, 9.17) is 4.42 Å². The quantitative estimate of drug-likeness (QED) is 0.358. The second-order valence-electron chi connectivity index (χ2n) is 5.30. The maximum Gasteiger partial charge on any atom is 0.284 e. The number of nitrogens with zero attached hydrogens (tertiary/aromatic N) is 2. The standard InChI is InChI=1S/C18H22N2O2/c1-2-3-4-5-6-7-11-14-16(21)18-20-19-17(22-18)15-12-9-8-10-13-15/h2,8-10,12-13H,1,3-7,11,14H2. The first-order valence-corrected chi connectivity index (χ1v) is 7.84. The zero-order chi connectivity index (χ0) is 15.6. The Morgan fingerprint density at radius 3 is 2.55 bits per heavy atom. The number of carbonyl (C=O) groups excluding carboxylic acids is 1. The van der Waals surface area contributed by atoms with E-state index in [9.17, 15) is 4.79 Å². The van der Waals surface area contributed by atoms with Crippen molar-refractivity contribution >= 4 is 5.78 Å². The van der Waals surface area contributed by atoms with Crippen LogP contribution < -0.4 is 0 Å². The van der Waals surface area contributed by atoms with E-state index >= 15 is 0 Å². The van der Waals surface area contributed by atoms with Gasteiger partial charge in [0.25, 0.3) is 5.89 Å². The smallest absolute Gasteiger partial charge is 0.284 e. The van der Waals surface area contributed by atoms with E-state index in [1.807, 2.05) is 36.4 Å². The van der Waals surface area contributed by atoms with Gasteiger partial charge in [0.15, 0.2) is 0 Å². The topological polar surface area (TPSA) is 56.0 Å². The second-order valence-corrected chi connectivity index (χ2v) is 5.30. The fourth-order valence-electron chi connectivity index (χ4n) is 2.24. The molecule has 116 valence electrons. The number of allylic oxidation sites excluding steroid dienone is 1. The van der Waals surface area contributed by atoms with Crippen LogP contribution in [0.5, 0.6) is 0 Å². The molecular formula is C18H22N2O2. The van der Waals surface area contributed by atoms with Gasteiger partial charge in [-0.1, -0.05) is 43.5 Å². The van der Waals surface area contributed by atoms with Gasteiger partial charge >= 0.3 is 0 Å². The average molecular weight is 298 g/mol. The molecule has 0 fully saturated rings. The summed E-state index contributed by atoms with van der Waals surface area (Å²) in [5, 5.41) is 7.79. The van der Waals surface area contributed by atoms with Crippen LogP contribution in [0.1, 0.15) is 55.6 Å². The molecule has 0 saturated carbocycles. The summed E-state index contributed by atoms with van der Waals surface area (Å²) >= 11 is 0. The summed E-state index contributed by atoms with van der Waals surface area (Å²) in [6, 6.07) is 9.47. The molecule has 0 aliphatic heterocycles. The molecule has 1 aromatic heterocycles. The lowest BCUT2D eigenvalue weighted by molar-refractivity contribution is 0.0946. The first kappa shape index (κ1) is 16.1. The van der Waals surface area contributed by atoms with Gasteiger partial charge in [0, 0.05) is 12.0 Å². The normalized spacial score (nSPS) is 10.5. The molecule has 0 N–H and O–H groups in total. The highest BCUT2D eigenvalue weighted by Crippen LogP contribution is 2.18. The summed E-state index contributed by atoms with van der Waals surface area (Å²) in [4.78, 5) is 12.0. The van der Waals surface area contributed by atoms with Gasteiger partial charge in [-0.2, -0.15) is 0 Å². The zero-order valence-electron chi connectivity index (χ0n) is 12.8. The molecule has 1 aromatic carbocycles. The van der Waals surface area contributed by atoms with Crippen molar-refractivity contribution in [3.05, 3.63) is 48.9 Å². The Bertz CT molecular complexity index is 590. The van der Waals surface area contributed by atoms with Crippen LogP contribution >= 0.6 is 0 Å². The fourth-order valence-corrected chi connectivity index (χ4v) is 2.24. The predicted octanol–water partition coefficient (Wildman–Crippen LogP) is 4.84. The minimum atomic E-state index is -0.0687. The lowest BCUT2D eigenvalue weighted by atomic mass is 10.1. The van der Waals surface area contributed by atoms with Crippen LogP contribution in [-0.2, 0) is 0 Å². The zero-order valence-corrected chi connectivity index (χ0v) is 12.8. The molecule has 4 heteroatoms. The molecule has 0 unspecified atom stereocenters. The first-order valence-electron chi connectivity index (χ1n) is 7.84. The number of rotatable bonds is 10. The van der Waals surface area contributed by atoms with Gasteiger partial charge in [-0.05, 0) is 31.4 Å². The van der Waals surface area contributed by atoms with Crippen LogP contribution in [0.25, 0.3) is 11.5 Å². The van der Waals surface area contributed by atoms with Gasteiger partial charge in [-0.25, -0.2) is 0 Å². The molecule has 0 amide bonds. The van der Waals surface area contributed by atoms with Gasteiger partial charge in [-0.3, -0.25) is 4.79 Å². The summed E-state index contributed by atoms with van der Waals surface area (Å²) in [5.41, 5.74) is 0.830. The Balaban J connectivity index is 1.74. The molecule has 2 rings (SSSR count). The number of hydrogen-bond donors (Lipinski definition) is 0. The number of carbonyl (C=O) groups is 1. The van der Waals surface area contributed by atoms with Crippen LogP contribution in [0.2, 0.25) is 0 Å². The number of benzene rings is 1. The van der Waals surface area contributed by atoms with E-state index in [2.05, 4.69) is 16.8 Å². The van der Waals surface area contributed by atoms with Crippen molar-refractivity contribution in [3.63, 3.8) is 0 Å². The third kappa shape index (κ3) is 4.95. The Labute approximate surface area is 131 Å². The number of ketones is 1. The maximum absolute atomic E-state index is 12.0. The summed E-state index contributed by atoms with van der Waals surface area (Å²) in [5.74, 6) is 0.444. The van der Waals surface area contributed by atoms with Crippen molar-refractivity contribution in [3.8, 4) is 11.5 Å². The van der Waals surface area contributed by atoms with Crippen molar-refractivity contribution in [2.45, 2.75) is 44.9 Å². The van der Waals surface area contributed by atoms with Crippen molar-refractivity contribution in [2.75, 3.05) is 0 Å². The molecular weight excluding hydrogens is 276 g/mol. The summed E-state index contributed by atoms with van der Waals surface area (Å²) in [7, 11) is 0. The fraction of sp³-hybridized carbons (Fsp3) is 0.389. The van der Waals surface area contributed by atoms with Crippen molar-refractivity contribution in [2.24, 2.45) is 0 Å². The van der Waals surface area contributed by atoms with Crippen LogP contribution in [-0.4, -0.2) is 16.0 Å². The first-order chi connectivity index (χ1) is 10.8. The maximum atomic E-state index is 12.0. The highest BCUT2D eigenvalue weighted by atomic mass is 16.4. The van der Waals surface area contributed by atoms with E-state index in [0.717, 1.165) is 31.2 Å². The highest BCUT2D eigenvalue weighted by molar-refractivity contribution is 5.91. The minimum Gasteiger partial charge on any atom is -0.414 e. The molecule has 2 aromatic rings. The molecule has 0 spiro atoms. The largest absolute Gasteiger partial charge is 0.414 e. The monoisotopic (exact) mass is 298 g/mol. The van der Waals surface area contributed by atoms with Crippen molar-refractivity contribution < 1.29 is 9.21 Å². The Hall–Kier alpha value is -2.23. The highest BCUT2D eigenvalue weighted by Gasteiger charge is 2.15. The summed E-state index contributed by atoms with van der Waals surface area (Å²) in [6.45, 7) is 3.71. The number of unbranched alkanes of at least 4 members (excludes halogenated alkanes) is 5. The number of aromatic nitrogens is 2. The molecule has 0 bridgehead atoms. The minimum absolute atomic E-state index is 0.0687. The molecule has 4 nitrogen and oxygen atoms in total. The Kier molecular flexibility index (Phi) is 6.55. The van der Waals surface area contributed by atoms with Crippen LogP contribution in [0.3, 0.4) is 0 Å². The van der Waals surface area contributed by atoms with Gasteiger partial charge in [0.2, 0.25) is 11.7 Å². The van der Waals surface area contributed by atoms with E-state index in [0.29, 0.717) is 12.3 Å². The van der Waals surface area contributed by atoms with E-state index in [1.165, 1.54) is 12.8 Å². The van der Waals surface area contributed by atoms with Gasteiger partial charge in [0.05, 0.1) is 0 Å². The lowest BCUT2D eigenvalue weighted by Crippen LogP contribution is -1.99. The van der Waals surface area contributed by atoms with E-state index in [1.54, 1.807) is 0 Å². The molecule has 22 heavy (non-hydrogen) atoms. The number of hydrogen-bond acceptors (Lipinski definition) is 4. The van der Waals surface area contributed by atoms with Gasteiger partial charge in [0.1, 0.15) is 0 Å². The lowest BCUT2D eigenvalue weighted by Gasteiger charge is -1.99. The molecule has 0 atom stereocenters. The van der Waals surface area contributed by atoms with E-state index < -0.39 is 0 Å². The molecule has 0 saturated heterocycles. The SMILES string of the molecule is C=CCCCCCCCC(=O)c1nnc(-c2ccccc2)o1. The predicted molar refractivity (Wildman–Crippen MR) is 86.6 cm³/mol. The van der Waals surface area contributed by atoms with Crippen molar-refractivity contribution in [1.29, 1.82) is 0 Å². The second kappa shape index (κ2) is 8.93. The van der Waals surface area contributed by atoms with Crippen LogP contribution in [0, 0.1) is 0 Å². The molecule has 0 aliphatic rings. The molecule has 0 aliphatic carbocycles. The third-order valence-electron chi connectivity index (χ3n) is 3.50. The molecule has 0 radical (unpaired) electrons. The summed E-state index contributed by atoms with van der Waals surface area (Å²) < 4.78 is 5.46. The molecule has 1 heterocycles. The Morgan fingerprint density at radius 2 is 1.77 bits per heavy atom. The van der Waals surface area contributed by atoms with E-state index in [-0.39, 0.29) is 11.7 Å². The number of Topliss-reactive ketones (excluding diaryl/α,β-unsaturated/α-hetero) is 1. The van der Waals surface area contributed by atoms with Crippen molar-refractivity contribution in [1.82, 2.24) is 10.2 Å². The van der Waals surface area contributed by atoms with Gasteiger partial charge in [-0.15, -0.1) is 16.8 Å². The van der Waals surface area contributed by atoms with Crippen LogP contribution in [0.15, 0.2) is 47.4 Å². The average Bonchev–Trinajstić information content (AvgIpc) is 3.05. The van der Waals surface area contributed by atoms with Crippen LogP contribution in [0.4, 0.5) is 0 Å². The summed E-state index contributed by atoms with van der Waals surface area (Å²) in [6.07, 6.45) is 8.95.